The first-order chi connectivity index (χ1) is 9.00. The first-order valence-corrected chi connectivity index (χ1v) is 8.12. The Morgan fingerprint density at radius 2 is 2.11 bits per heavy atom. The largest absolute Gasteiger partial charge is 0.369 e. The molecule has 19 heavy (non-hydrogen) atoms. The molecule has 0 aromatic carbocycles. The molecule has 1 aliphatic rings. The second-order valence-electron chi connectivity index (χ2n) is 6.41. The van der Waals surface area contributed by atoms with Gasteiger partial charge in [-0.2, -0.15) is 0 Å². The van der Waals surface area contributed by atoms with Crippen molar-refractivity contribution < 1.29 is 4.74 Å². The van der Waals surface area contributed by atoms with E-state index < -0.39 is 0 Å². The van der Waals surface area contributed by atoms with Crippen molar-refractivity contribution in [2.75, 3.05) is 7.05 Å². The molecule has 108 valence electrons. The Labute approximate surface area is 120 Å². The molecule has 0 amide bonds. The van der Waals surface area contributed by atoms with Gasteiger partial charge in [-0.3, -0.25) is 0 Å². The molecule has 2 atom stereocenters. The van der Waals surface area contributed by atoms with Crippen LogP contribution in [0.15, 0.2) is 5.38 Å². The Morgan fingerprint density at radius 1 is 1.37 bits per heavy atom. The second kappa shape index (κ2) is 6.33. The predicted octanol–water partition coefficient (Wildman–Crippen LogP) is 3.49. The third-order valence-corrected chi connectivity index (χ3v) is 4.64. The van der Waals surface area contributed by atoms with Gasteiger partial charge in [-0.1, -0.05) is 33.6 Å². The van der Waals surface area contributed by atoms with E-state index >= 15 is 0 Å². The monoisotopic (exact) mass is 282 g/mol. The number of likely N-dealkylation sites (N-methyl/N-ethyl adjacent to an activating group) is 1. The summed E-state index contributed by atoms with van der Waals surface area (Å²) in [6.45, 7) is 7.25. The molecule has 0 spiro atoms. The van der Waals surface area contributed by atoms with Gasteiger partial charge < -0.3 is 10.1 Å². The van der Waals surface area contributed by atoms with Gasteiger partial charge in [0.05, 0.1) is 18.4 Å². The van der Waals surface area contributed by atoms with Crippen LogP contribution in [0.5, 0.6) is 0 Å². The van der Waals surface area contributed by atoms with Crippen molar-refractivity contribution in [3.8, 4) is 0 Å². The van der Waals surface area contributed by atoms with Crippen LogP contribution in [0.3, 0.4) is 0 Å². The van der Waals surface area contributed by atoms with Crippen LogP contribution in [0.4, 0.5) is 0 Å². The van der Waals surface area contributed by atoms with Crippen LogP contribution in [0, 0.1) is 0 Å². The minimum absolute atomic E-state index is 0.132. The summed E-state index contributed by atoms with van der Waals surface area (Å²) in [6, 6.07) is 0.510. The highest BCUT2D eigenvalue weighted by atomic mass is 32.1. The molecule has 1 saturated carbocycles. The van der Waals surface area contributed by atoms with E-state index in [1.165, 1.54) is 31.4 Å². The van der Waals surface area contributed by atoms with Crippen LogP contribution in [0.2, 0.25) is 0 Å². The Bertz CT molecular complexity index is 397. The fraction of sp³-hybridized carbons (Fsp3) is 0.800. The quantitative estimate of drug-likeness (QED) is 0.918. The predicted molar refractivity (Wildman–Crippen MR) is 80.7 cm³/mol. The molecule has 0 aliphatic heterocycles. The molecule has 4 heteroatoms. The topological polar surface area (TPSA) is 34.1 Å². The normalized spacial score (nSPS) is 24.6. The van der Waals surface area contributed by atoms with Crippen LogP contribution in [0.1, 0.15) is 57.2 Å². The Balaban J connectivity index is 1.89. The molecular weight excluding hydrogens is 256 g/mol. The maximum absolute atomic E-state index is 6.08. The van der Waals surface area contributed by atoms with E-state index in [-0.39, 0.29) is 5.41 Å². The third kappa shape index (κ3) is 4.01. The number of aromatic nitrogens is 1. The fourth-order valence-corrected chi connectivity index (χ4v) is 3.47. The van der Waals surface area contributed by atoms with E-state index in [1.54, 1.807) is 11.3 Å². The van der Waals surface area contributed by atoms with Gasteiger partial charge in [0.25, 0.3) is 0 Å². The van der Waals surface area contributed by atoms with Crippen LogP contribution in [-0.4, -0.2) is 24.2 Å². The van der Waals surface area contributed by atoms with Gasteiger partial charge in [0, 0.05) is 16.8 Å². The van der Waals surface area contributed by atoms with Gasteiger partial charge in [-0.25, -0.2) is 4.98 Å². The Morgan fingerprint density at radius 3 is 2.74 bits per heavy atom. The van der Waals surface area contributed by atoms with E-state index in [1.807, 2.05) is 7.05 Å². The average Bonchev–Trinajstić information content (AvgIpc) is 2.85. The molecule has 1 fully saturated rings. The lowest BCUT2D eigenvalue weighted by Gasteiger charge is -2.30. The Hall–Kier alpha value is -0.450. The fourth-order valence-electron chi connectivity index (χ4n) is 2.53. The average molecular weight is 282 g/mol. The number of ether oxygens (including phenoxy) is 1. The van der Waals surface area contributed by atoms with E-state index in [2.05, 4.69) is 36.5 Å². The van der Waals surface area contributed by atoms with Crippen molar-refractivity contribution in [3.63, 3.8) is 0 Å². The van der Waals surface area contributed by atoms with Gasteiger partial charge >= 0.3 is 0 Å². The van der Waals surface area contributed by atoms with Crippen molar-refractivity contribution in [3.05, 3.63) is 16.1 Å². The van der Waals surface area contributed by atoms with Gasteiger partial charge in [0.2, 0.25) is 0 Å². The lowest BCUT2D eigenvalue weighted by atomic mass is 9.92. The standard InChI is InChI=1S/C15H26N2OS/c1-15(2,3)13-10-19-14(17-13)9-18-12-8-6-5-7-11(12)16-4/h10-12,16H,5-9H2,1-4H3. The van der Waals surface area contributed by atoms with Crippen LogP contribution in [-0.2, 0) is 16.8 Å². The van der Waals surface area contributed by atoms with E-state index in [4.69, 9.17) is 4.74 Å². The van der Waals surface area contributed by atoms with Crippen molar-refractivity contribution >= 4 is 11.3 Å². The molecule has 2 rings (SSSR count). The van der Waals surface area contributed by atoms with Gasteiger partial charge in [0.15, 0.2) is 0 Å². The summed E-state index contributed by atoms with van der Waals surface area (Å²) in [6.07, 6.45) is 5.35. The number of nitrogens with zero attached hydrogens (tertiary/aromatic N) is 1. The summed E-state index contributed by atoms with van der Waals surface area (Å²) in [5, 5.41) is 6.64. The van der Waals surface area contributed by atoms with Crippen LogP contribution in [0.25, 0.3) is 0 Å². The third-order valence-electron chi connectivity index (χ3n) is 3.81. The zero-order chi connectivity index (χ0) is 13.9. The molecule has 0 saturated heterocycles. The van der Waals surface area contributed by atoms with E-state index in [9.17, 15) is 0 Å². The SMILES string of the molecule is CNC1CCCCC1OCc1nc(C(C)(C)C)cs1. The highest BCUT2D eigenvalue weighted by Gasteiger charge is 2.25. The van der Waals surface area contributed by atoms with Crippen LogP contribution < -0.4 is 5.32 Å². The van der Waals surface area contributed by atoms with Crippen LogP contribution >= 0.6 is 11.3 Å². The lowest BCUT2D eigenvalue weighted by molar-refractivity contribution is -0.00374. The van der Waals surface area contributed by atoms with Gasteiger partial charge in [-0.15, -0.1) is 11.3 Å². The zero-order valence-electron chi connectivity index (χ0n) is 12.5. The maximum atomic E-state index is 6.08. The van der Waals surface area contributed by atoms with E-state index in [0.717, 1.165) is 5.01 Å². The first kappa shape index (κ1) is 14.9. The summed E-state index contributed by atoms with van der Waals surface area (Å²) in [5.74, 6) is 0. The van der Waals surface area contributed by atoms with Gasteiger partial charge in [0.1, 0.15) is 5.01 Å². The molecule has 1 N–H and O–H groups in total. The number of hydrogen-bond acceptors (Lipinski definition) is 4. The molecule has 2 unspecified atom stereocenters. The maximum Gasteiger partial charge on any atom is 0.119 e. The minimum atomic E-state index is 0.132. The molecule has 1 aromatic rings. The van der Waals surface area contributed by atoms with E-state index in [0.29, 0.717) is 18.8 Å². The molecule has 1 heterocycles. The van der Waals surface area contributed by atoms with Crippen molar-refractivity contribution in [2.24, 2.45) is 0 Å². The minimum Gasteiger partial charge on any atom is -0.369 e. The molecule has 1 aliphatic carbocycles. The van der Waals surface area contributed by atoms with Gasteiger partial charge in [-0.05, 0) is 19.9 Å². The summed E-state index contributed by atoms with van der Waals surface area (Å²) >= 11 is 1.72. The zero-order valence-corrected chi connectivity index (χ0v) is 13.3. The molecule has 0 bridgehead atoms. The summed E-state index contributed by atoms with van der Waals surface area (Å²) in [4.78, 5) is 4.69. The Kier molecular flexibility index (Phi) is 4.98. The van der Waals surface area contributed by atoms with Crippen molar-refractivity contribution in [2.45, 2.75) is 70.6 Å². The summed E-state index contributed by atoms with van der Waals surface area (Å²) < 4.78 is 6.08. The molecule has 0 radical (unpaired) electrons. The molecule has 1 aromatic heterocycles. The second-order valence-corrected chi connectivity index (χ2v) is 7.35. The first-order valence-electron chi connectivity index (χ1n) is 7.24. The number of nitrogens with one attached hydrogen (secondary N) is 1. The summed E-state index contributed by atoms with van der Waals surface area (Å²) in [7, 11) is 2.04. The number of thiazole rings is 1. The number of hydrogen-bond donors (Lipinski definition) is 1. The lowest BCUT2D eigenvalue weighted by Crippen LogP contribution is -2.41. The van der Waals surface area contributed by atoms with Crippen molar-refractivity contribution in [1.29, 1.82) is 0 Å². The van der Waals surface area contributed by atoms with Crippen molar-refractivity contribution in [1.82, 2.24) is 10.3 Å². The smallest absolute Gasteiger partial charge is 0.119 e. The highest BCUT2D eigenvalue weighted by molar-refractivity contribution is 7.09. The molecule has 3 nitrogen and oxygen atoms in total. The summed E-state index contributed by atoms with van der Waals surface area (Å²) in [5.41, 5.74) is 1.30. The molecular formula is C15H26N2OS. The number of rotatable bonds is 4. The highest BCUT2D eigenvalue weighted by Crippen LogP contribution is 2.26.